The van der Waals surface area contributed by atoms with Gasteiger partial charge in [0.1, 0.15) is 0 Å². The molecule has 0 aliphatic carbocycles. The van der Waals surface area contributed by atoms with Gasteiger partial charge < -0.3 is 0 Å². The molecule has 0 aliphatic heterocycles. The first kappa shape index (κ1) is 30.1. The maximum atomic E-state index is 2.41. The van der Waals surface area contributed by atoms with Crippen LogP contribution in [0, 0.1) is 0 Å². The highest BCUT2D eigenvalue weighted by Gasteiger charge is 2.19. The maximum Gasteiger partial charge on any atom is -0.00259 e. The second-order valence-corrected chi connectivity index (χ2v) is 13.6. The molecule has 0 bridgehead atoms. The molecule has 10 aromatic carbocycles. The molecule has 0 nitrogen and oxygen atoms in total. The van der Waals surface area contributed by atoms with E-state index in [1.54, 1.807) is 0 Å². The van der Waals surface area contributed by atoms with Crippen molar-refractivity contribution in [1.29, 1.82) is 0 Å². The van der Waals surface area contributed by atoms with E-state index >= 15 is 0 Å². The van der Waals surface area contributed by atoms with Crippen LogP contribution in [0.3, 0.4) is 0 Å². The van der Waals surface area contributed by atoms with Crippen molar-refractivity contribution in [2.24, 2.45) is 0 Å². The molecule has 0 amide bonds. The normalized spacial score (nSPS) is 11.5. The predicted molar refractivity (Wildman–Crippen MR) is 224 cm³/mol. The lowest BCUT2D eigenvalue weighted by Gasteiger charge is -2.20. The van der Waals surface area contributed by atoms with E-state index < -0.39 is 0 Å². The summed E-state index contributed by atoms with van der Waals surface area (Å²) < 4.78 is 0. The van der Waals surface area contributed by atoms with E-state index in [0.717, 1.165) is 0 Å². The number of hydrogen-bond acceptors (Lipinski definition) is 0. The summed E-state index contributed by atoms with van der Waals surface area (Å²) in [5.41, 5.74) is 12.3. The monoisotopic (exact) mass is 658 g/mol. The smallest absolute Gasteiger partial charge is 0.00259 e. The molecule has 0 heterocycles. The minimum absolute atomic E-state index is 1.21. The Labute approximate surface area is 303 Å². The van der Waals surface area contributed by atoms with E-state index in [2.05, 4.69) is 206 Å². The van der Waals surface area contributed by atoms with E-state index in [9.17, 15) is 0 Å². The van der Waals surface area contributed by atoms with Crippen molar-refractivity contribution in [3.8, 4) is 55.6 Å². The minimum atomic E-state index is 1.21. The number of fused-ring (bicyclic) bond motifs is 4. The molecule has 0 N–H and O–H groups in total. The molecule has 0 aromatic heterocycles. The van der Waals surface area contributed by atoms with Crippen molar-refractivity contribution in [2.75, 3.05) is 0 Å². The van der Waals surface area contributed by atoms with Crippen LogP contribution in [0.1, 0.15) is 0 Å². The van der Waals surface area contributed by atoms with E-state index in [0.29, 0.717) is 0 Å². The van der Waals surface area contributed by atoms with Crippen LogP contribution in [0.15, 0.2) is 206 Å². The maximum absolute atomic E-state index is 2.41. The van der Waals surface area contributed by atoms with Gasteiger partial charge in [-0.05, 0) is 117 Å². The third kappa shape index (κ3) is 5.08. The van der Waals surface area contributed by atoms with Gasteiger partial charge in [-0.1, -0.05) is 188 Å². The molecule has 0 heteroatoms. The quantitative estimate of drug-likeness (QED) is 0.161. The van der Waals surface area contributed by atoms with Gasteiger partial charge in [-0.25, -0.2) is 0 Å². The van der Waals surface area contributed by atoms with Crippen molar-refractivity contribution in [3.05, 3.63) is 206 Å². The Kier molecular flexibility index (Phi) is 7.25. The lowest BCUT2D eigenvalue weighted by Crippen LogP contribution is -1.93. The lowest BCUT2D eigenvalue weighted by molar-refractivity contribution is 1.61. The highest BCUT2D eigenvalue weighted by atomic mass is 14.2. The first-order valence-electron chi connectivity index (χ1n) is 18.0. The Hall–Kier alpha value is -6.76. The second kappa shape index (κ2) is 12.5. The molecule has 242 valence electrons. The van der Waals surface area contributed by atoms with Crippen LogP contribution >= 0.6 is 0 Å². The molecular formula is C52H34. The third-order valence-electron chi connectivity index (χ3n) is 10.6. The van der Waals surface area contributed by atoms with E-state index in [1.807, 2.05) is 0 Å². The van der Waals surface area contributed by atoms with Crippen molar-refractivity contribution in [2.45, 2.75) is 0 Å². The average molecular weight is 659 g/mol. The van der Waals surface area contributed by atoms with E-state index in [4.69, 9.17) is 0 Å². The van der Waals surface area contributed by atoms with Crippen molar-refractivity contribution >= 4 is 43.1 Å². The summed E-state index contributed by atoms with van der Waals surface area (Å²) in [6.45, 7) is 0. The second-order valence-electron chi connectivity index (χ2n) is 13.6. The average Bonchev–Trinajstić information content (AvgIpc) is 3.22. The Morgan fingerprint density at radius 3 is 1.17 bits per heavy atom. The molecule has 0 saturated heterocycles. The zero-order valence-electron chi connectivity index (χ0n) is 28.6. The highest BCUT2D eigenvalue weighted by Crippen LogP contribution is 2.46. The molecule has 0 unspecified atom stereocenters. The minimum Gasteiger partial charge on any atom is -0.0622 e. The molecule has 52 heavy (non-hydrogen) atoms. The summed E-state index contributed by atoms with van der Waals surface area (Å²) in [4.78, 5) is 0. The first-order valence-corrected chi connectivity index (χ1v) is 18.0. The summed E-state index contributed by atoms with van der Waals surface area (Å²) in [5, 5.41) is 10.0. The van der Waals surface area contributed by atoms with Crippen molar-refractivity contribution in [1.82, 2.24) is 0 Å². The van der Waals surface area contributed by atoms with Crippen molar-refractivity contribution in [3.63, 3.8) is 0 Å². The summed E-state index contributed by atoms with van der Waals surface area (Å²) in [6, 6.07) is 75.6. The summed E-state index contributed by atoms with van der Waals surface area (Å²) in [6.07, 6.45) is 0. The summed E-state index contributed by atoms with van der Waals surface area (Å²) >= 11 is 0. The lowest BCUT2D eigenvalue weighted by atomic mass is 9.83. The Bertz CT molecular complexity index is 2940. The van der Waals surface area contributed by atoms with Gasteiger partial charge >= 0.3 is 0 Å². The highest BCUT2D eigenvalue weighted by molar-refractivity contribution is 6.22. The first-order chi connectivity index (χ1) is 25.8. The largest absolute Gasteiger partial charge is 0.0622 e. The standard InChI is InChI=1S/C52H34/c1-2-14-35(15-3-1)38-30-31-49-50(34-38)52(42-23-11-21-40(33-42)46-29-13-19-37-17-5-7-25-44(37)46)48-27-9-8-26-47(48)51(49)41-22-10-20-39(32-41)45-28-12-18-36-16-4-6-24-43(36)45/h1-34H. The fraction of sp³-hybridized carbons (Fsp3) is 0. The number of hydrogen-bond donors (Lipinski definition) is 0. The van der Waals surface area contributed by atoms with Crippen molar-refractivity contribution < 1.29 is 0 Å². The molecule has 0 spiro atoms. The molecule has 10 rings (SSSR count). The predicted octanol–water partition coefficient (Wildman–Crippen LogP) is 14.6. The third-order valence-corrected chi connectivity index (χ3v) is 10.6. The molecule has 0 fully saturated rings. The van der Waals surface area contributed by atoms with Gasteiger partial charge in [-0.3, -0.25) is 0 Å². The van der Waals surface area contributed by atoms with Gasteiger partial charge in [0.25, 0.3) is 0 Å². The van der Waals surface area contributed by atoms with Crippen LogP contribution in [0.5, 0.6) is 0 Å². The van der Waals surface area contributed by atoms with Gasteiger partial charge in [0.15, 0.2) is 0 Å². The topological polar surface area (TPSA) is 0 Å². The van der Waals surface area contributed by atoms with Gasteiger partial charge in [0.2, 0.25) is 0 Å². The van der Waals surface area contributed by atoms with Gasteiger partial charge in [0, 0.05) is 0 Å². The zero-order chi connectivity index (χ0) is 34.4. The van der Waals surface area contributed by atoms with E-state index in [1.165, 1.54) is 98.7 Å². The Balaban J connectivity index is 1.25. The summed E-state index contributed by atoms with van der Waals surface area (Å²) in [5.74, 6) is 0. The number of rotatable bonds is 5. The fourth-order valence-electron chi connectivity index (χ4n) is 8.25. The fourth-order valence-corrected chi connectivity index (χ4v) is 8.25. The Morgan fingerprint density at radius 2 is 0.596 bits per heavy atom. The van der Waals surface area contributed by atoms with Crippen LogP contribution in [0.4, 0.5) is 0 Å². The molecule has 10 aromatic rings. The van der Waals surface area contributed by atoms with Crippen LogP contribution in [-0.4, -0.2) is 0 Å². The van der Waals surface area contributed by atoms with Crippen LogP contribution in [-0.2, 0) is 0 Å². The molecule has 0 radical (unpaired) electrons. The van der Waals surface area contributed by atoms with Gasteiger partial charge in [0.05, 0.1) is 0 Å². The molecular weight excluding hydrogens is 625 g/mol. The SMILES string of the molecule is c1ccc(-c2ccc3c(-c4cccc(-c5cccc6ccccc56)c4)c4ccccc4c(-c4cccc(-c5cccc6ccccc56)c4)c3c2)cc1. The van der Waals surface area contributed by atoms with Crippen LogP contribution in [0.25, 0.3) is 98.7 Å². The van der Waals surface area contributed by atoms with Crippen LogP contribution in [0.2, 0.25) is 0 Å². The number of benzene rings is 10. The molecule has 0 aliphatic rings. The molecule has 0 saturated carbocycles. The van der Waals surface area contributed by atoms with Crippen LogP contribution < -0.4 is 0 Å². The zero-order valence-corrected chi connectivity index (χ0v) is 28.6. The van der Waals surface area contributed by atoms with Gasteiger partial charge in [-0.15, -0.1) is 0 Å². The van der Waals surface area contributed by atoms with Gasteiger partial charge in [-0.2, -0.15) is 0 Å². The summed E-state index contributed by atoms with van der Waals surface area (Å²) in [7, 11) is 0. The molecule has 0 atom stereocenters. The van der Waals surface area contributed by atoms with E-state index in [-0.39, 0.29) is 0 Å². The Morgan fingerprint density at radius 1 is 0.192 bits per heavy atom.